The molecule has 0 saturated carbocycles. The maximum absolute atomic E-state index is 12.6. The predicted molar refractivity (Wildman–Crippen MR) is 102 cm³/mol. The van der Waals surface area contributed by atoms with Crippen molar-refractivity contribution in [2.75, 3.05) is 0 Å². The third-order valence-electron chi connectivity index (χ3n) is 4.11. The molecule has 0 fully saturated rings. The summed E-state index contributed by atoms with van der Waals surface area (Å²) >= 11 is 1.37. The molecule has 0 saturated heterocycles. The van der Waals surface area contributed by atoms with Crippen molar-refractivity contribution in [2.24, 2.45) is 0 Å². The van der Waals surface area contributed by atoms with E-state index in [0.29, 0.717) is 21.2 Å². The lowest BCUT2D eigenvalue weighted by atomic mass is 10.0. The van der Waals surface area contributed by atoms with Gasteiger partial charge in [0.1, 0.15) is 0 Å². The zero-order chi connectivity index (χ0) is 17.4. The highest BCUT2D eigenvalue weighted by Gasteiger charge is 2.11. The van der Waals surface area contributed by atoms with Gasteiger partial charge in [-0.15, -0.1) is 5.10 Å². The second-order valence-electron chi connectivity index (χ2n) is 6.23. The van der Waals surface area contributed by atoms with Crippen LogP contribution in [-0.2, 0) is 0 Å². The largest absolute Gasteiger partial charge is 0.291 e. The van der Waals surface area contributed by atoms with Gasteiger partial charge in [-0.3, -0.25) is 4.79 Å². The first-order valence-corrected chi connectivity index (χ1v) is 9.00. The molecule has 2 heterocycles. The molecule has 0 atom stereocenters. The van der Waals surface area contributed by atoms with Crippen LogP contribution in [0.25, 0.3) is 22.4 Å². The smallest absolute Gasteiger partial charge is 0.266 e. The van der Waals surface area contributed by atoms with E-state index in [-0.39, 0.29) is 5.56 Å². The SMILES string of the molecule is CC(C)c1ccc(/C=c2\sc3nc(-c4ccccc4)nn3c2=O)cc1. The van der Waals surface area contributed by atoms with E-state index < -0.39 is 0 Å². The highest BCUT2D eigenvalue weighted by Crippen LogP contribution is 2.16. The average molecular weight is 347 g/mol. The zero-order valence-corrected chi connectivity index (χ0v) is 14.8. The molecule has 4 nitrogen and oxygen atoms in total. The Labute approximate surface area is 149 Å². The highest BCUT2D eigenvalue weighted by atomic mass is 32.1. The molecule has 124 valence electrons. The average Bonchev–Trinajstić information content (AvgIpc) is 3.16. The Bertz CT molecular complexity index is 1130. The highest BCUT2D eigenvalue weighted by molar-refractivity contribution is 7.15. The number of rotatable bonds is 3. The zero-order valence-electron chi connectivity index (χ0n) is 14.0. The van der Waals surface area contributed by atoms with Gasteiger partial charge in [-0.1, -0.05) is 79.8 Å². The van der Waals surface area contributed by atoms with Gasteiger partial charge < -0.3 is 0 Å². The topological polar surface area (TPSA) is 47.3 Å². The van der Waals surface area contributed by atoms with Gasteiger partial charge in [-0.25, -0.2) is 0 Å². The van der Waals surface area contributed by atoms with Crippen LogP contribution in [0.5, 0.6) is 0 Å². The van der Waals surface area contributed by atoms with Gasteiger partial charge in [0, 0.05) is 5.56 Å². The molecule has 0 radical (unpaired) electrons. The molecule has 2 aromatic carbocycles. The fourth-order valence-corrected chi connectivity index (χ4v) is 3.58. The van der Waals surface area contributed by atoms with Gasteiger partial charge in [0.2, 0.25) is 4.96 Å². The molecule has 0 spiro atoms. The summed E-state index contributed by atoms with van der Waals surface area (Å²) in [5, 5.41) is 4.37. The lowest BCUT2D eigenvalue weighted by Crippen LogP contribution is -2.23. The standard InChI is InChI=1S/C20H17N3OS/c1-13(2)15-10-8-14(9-11-15)12-17-19(24)23-20(25-17)21-18(22-23)16-6-4-3-5-7-16/h3-13H,1-2H3/b17-12-. The maximum atomic E-state index is 12.6. The molecule has 0 bridgehead atoms. The first-order chi connectivity index (χ1) is 12.1. The molecule has 0 aliphatic rings. The van der Waals surface area contributed by atoms with Gasteiger partial charge in [0.25, 0.3) is 5.56 Å². The van der Waals surface area contributed by atoms with E-state index in [1.54, 1.807) is 0 Å². The number of nitrogens with zero attached hydrogens (tertiary/aromatic N) is 3. The normalized spacial score (nSPS) is 12.4. The van der Waals surface area contributed by atoms with Crippen LogP contribution in [0.1, 0.15) is 30.9 Å². The number of benzene rings is 2. The van der Waals surface area contributed by atoms with Crippen LogP contribution >= 0.6 is 11.3 Å². The van der Waals surface area contributed by atoms with Gasteiger partial charge in [0.15, 0.2) is 5.82 Å². The van der Waals surface area contributed by atoms with Crippen LogP contribution in [0.3, 0.4) is 0 Å². The van der Waals surface area contributed by atoms with E-state index >= 15 is 0 Å². The second-order valence-corrected chi connectivity index (χ2v) is 7.24. The number of hydrogen-bond acceptors (Lipinski definition) is 4. The third-order valence-corrected chi connectivity index (χ3v) is 5.07. The molecular formula is C20H17N3OS. The number of thiazole rings is 1. The van der Waals surface area contributed by atoms with Crippen LogP contribution in [-0.4, -0.2) is 14.6 Å². The fraction of sp³-hybridized carbons (Fsp3) is 0.150. The van der Waals surface area contributed by atoms with Crippen LogP contribution < -0.4 is 10.1 Å². The molecule has 2 aromatic heterocycles. The summed E-state index contributed by atoms with van der Waals surface area (Å²) < 4.78 is 2.04. The minimum atomic E-state index is -0.123. The number of aromatic nitrogens is 3. The molecule has 25 heavy (non-hydrogen) atoms. The third kappa shape index (κ3) is 2.98. The Morgan fingerprint density at radius 2 is 1.76 bits per heavy atom. The molecule has 4 rings (SSSR count). The Morgan fingerprint density at radius 1 is 1.04 bits per heavy atom. The molecule has 5 heteroatoms. The summed E-state index contributed by atoms with van der Waals surface area (Å²) in [5.41, 5.74) is 3.08. The summed E-state index contributed by atoms with van der Waals surface area (Å²) in [7, 11) is 0. The first-order valence-electron chi connectivity index (χ1n) is 8.18. The Morgan fingerprint density at radius 3 is 2.40 bits per heavy atom. The molecule has 0 N–H and O–H groups in total. The first kappa shape index (κ1) is 15.7. The summed E-state index contributed by atoms with van der Waals surface area (Å²) in [5.74, 6) is 1.08. The van der Waals surface area contributed by atoms with Crippen LogP contribution in [0.4, 0.5) is 0 Å². The van der Waals surface area contributed by atoms with Crippen LogP contribution in [0, 0.1) is 0 Å². The van der Waals surface area contributed by atoms with Crippen LogP contribution in [0.2, 0.25) is 0 Å². The van der Waals surface area contributed by atoms with E-state index in [1.807, 2.05) is 48.5 Å². The quantitative estimate of drug-likeness (QED) is 0.570. The maximum Gasteiger partial charge on any atom is 0.291 e. The van der Waals surface area contributed by atoms with Crippen molar-refractivity contribution in [3.8, 4) is 11.4 Å². The van der Waals surface area contributed by atoms with E-state index in [0.717, 1.165) is 11.1 Å². The van der Waals surface area contributed by atoms with Crippen molar-refractivity contribution in [2.45, 2.75) is 19.8 Å². The monoisotopic (exact) mass is 347 g/mol. The van der Waals surface area contributed by atoms with Crippen molar-refractivity contribution in [1.29, 1.82) is 0 Å². The van der Waals surface area contributed by atoms with E-state index in [2.05, 4.69) is 36.1 Å². The summed E-state index contributed by atoms with van der Waals surface area (Å²) in [6.07, 6.45) is 1.90. The number of fused-ring (bicyclic) bond motifs is 1. The summed E-state index contributed by atoms with van der Waals surface area (Å²) in [6, 6.07) is 18.0. The van der Waals surface area contributed by atoms with E-state index in [4.69, 9.17) is 0 Å². The van der Waals surface area contributed by atoms with Gasteiger partial charge in [-0.05, 0) is 23.1 Å². The Balaban J connectivity index is 1.75. The molecule has 0 amide bonds. The van der Waals surface area contributed by atoms with Crippen molar-refractivity contribution in [3.05, 3.63) is 80.6 Å². The lowest BCUT2D eigenvalue weighted by Gasteiger charge is -2.04. The van der Waals surface area contributed by atoms with Gasteiger partial charge in [0.05, 0.1) is 4.53 Å². The van der Waals surface area contributed by atoms with Crippen molar-refractivity contribution >= 4 is 22.4 Å². The second kappa shape index (κ2) is 6.26. The lowest BCUT2D eigenvalue weighted by molar-refractivity contribution is 0.866. The van der Waals surface area contributed by atoms with Gasteiger partial charge >= 0.3 is 0 Å². The fourth-order valence-electron chi connectivity index (χ4n) is 2.67. The van der Waals surface area contributed by atoms with E-state index in [9.17, 15) is 4.79 Å². The molecule has 0 aliphatic heterocycles. The molecule has 0 aliphatic carbocycles. The minimum absolute atomic E-state index is 0.123. The van der Waals surface area contributed by atoms with Crippen molar-refractivity contribution in [3.63, 3.8) is 0 Å². The van der Waals surface area contributed by atoms with Crippen LogP contribution in [0.15, 0.2) is 59.4 Å². The number of hydrogen-bond donors (Lipinski definition) is 0. The Hall–Kier alpha value is -2.79. The predicted octanol–water partition coefficient (Wildman–Crippen LogP) is 3.49. The molecule has 4 aromatic rings. The minimum Gasteiger partial charge on any atom is -0.266 e. The van der Waals surface area contributed by atoms with Crippen molar-refractivity contribution in [1.82, 2.24) is 14.6 Å². The molecule has 0 unspecified atom stereocenters. The van der Waals surface area contributed by atoms with Gasteiger partial charge in [-0.2, -0.15) is 9.50 Å². The summed E-state index contributed by atoms with van der Waals surface area (Å²) in [4.78, 5) is 17.7. The van der Waals surface area contributed by atoms with E-state index in [1.165, 1.54) is 21.4 Å². The summed E-state index contributed by atoms with van der Waals surface area (Å²) in [6.45, 7) is 4.33. The Kier molecular flexibility index (Phi) is 3.93. The van der Waals surface area contributed by atoms with Crippen molar-refractivity contribution < 1.29 is 0 Å². The molecular weight excluding hydrogens is 330 g/mol.